The van der Waals surface area contributed by atoms with Crippen LogP contribution in [-0.4, -0.2) is 43.4 Å². The fourth-order valence-corrected chi connectivity index (χ4v) is 4.25. The maximum Gasteiger partial charge on any atom is 0.233 e. The molecule has 0 radical (unpaired) electrons. The maximum atomic E-state index is 12.7. The minimum absolute atomic E-state index is 0.185. The molecule has 3 rings (SSSR count). The van der Waals surface area contributed by atoms with Gasteiger partial charge in [0.25, 0.3) is 0 Å². The Labute approximate surface area is 146 Å². The van der Waals surface area contributed by atoms with E-state index in [-0.39, 0.29) is 5.91 Å². The van der Waals surface area contributed by atoms with Gasteiger partial charge in [-0.25, -0.2) is 0 Å². The molecule has 0 aromatic carbocycles. The Bertz CT molecular complexity index is 673. The van der Waals surface area contributed by atoms with Crippen molar-refractivity contribution in [1.82, 2.24) is 19.7 Å². The van der Waals surface area contributed by atoms with E-state index in [0.717, 1.165) is 24.5 Å². The number of rotatable bonds is 5. The number of furan rings is 1. The fraction of sp³-hybridized carbons (Fsp3) is 0.588. The molecule has 1 amide bonds. The van der Waals surface area contributed by atoms with Gasteiger partial charge >= 0.3 is 0 Å². The second-order valence-corrected chi connectivity index (χ2v) is 7.19. The minimum atomic E-state index is 0.185. The van der Waals surface area contributed by atoms with Crippen molar-refractivity contribution in [1.29, 1.82) is 0 Å². The molecule has 130 valence electrons. The van der Waals surface area contributed by atoms with Gasteiger partial charge in [-0.3, -0.25) is 9.36 Å². The van der Waals surface area contributed by atoms with Gasteiger partial charge < -0.3 is 9.32 Å². The van der Waals surface area contributed by atoms with Gasteiger partial charge in [0.05, 0.1) is 12.0 Å². The molecule has 2 unspecified atom stereocenters. The molecule has 6 nitrogen and oxygen atoms in total. The zero-order valence-electron chi connectivity index (χ0n) is 14.4. The standard InChI is InChI=1S/C17H24N4O2S/c1-4-20-16(14-9-6-10-23-14)18-19-17(20)24-11-15(22)21-12(2)7-5-8-13(21)3/h6,9-10,12-13H,4-5,7-8,11H2,1-3H3. The molecule has 2 aromatic heterocycles. The van der Waals surface area contributed by atoms with Crippen LogP contribution in [0.1, 0.15) is 40.0 Å². The number of hydrogen-bond donors (Lipinski definition) is 0. The smallest absolute Gasteiger partial charge is 0.233 e. The molecule has 0 saturated carbocycles. The van der Waals surface area contributed by atoms with Gasteiger partial charge in [0.1, 0.15) is 0 Å². The van der Waals surface area contributed by atoms with Crippen LogP contribution >= 0.6 is 11.8 Å². The maximum absolute atomic E-state index is 12.7. The number of amides is 1. The topological polar surface area (TPSA) is 64.2 Å². The van der Waals surface area contributed by atoms with Gasteiger partial charge in [-0.15, -0.1) is 10.2 Å². The molecule has 0 aliphatic carbocycles. The largest absolute Gasteiger partial charge is 0.461 e. The third-order valence-electron chi connectivity index (χ3n) is 4.58. The molecule has 1 fully saturated rings. The molecular formula is C17H24N4O2S. The van der Waals surface area contributed by atoms with Crippen molar-refractivity contribution in [3.8, 4) is 11.6 Å². The highest BCUT2D eigenvalue weighted by molar-refractivity contribution is 7.99. The lowest BCUT2D eigenvalue weighted by atomic mass is 9.98. The number of likely N-dealkylation sites (tertiary alicyclic amines) is 1. The average molecular weight is 348 g/mol. The first-order valence-electron chi connectivity index (χ1n) is 8.52. The first kappa shape index (κ1) is 17.1. The van der Waals surface area contributed by atoms with Crippen LogP contribution in [0.2, 0.25) is 0 Å². The molecule has 3 heterocycles. The van der Waals surface area contributed by atoms with Gasteiger partial charge in [0.2, 0.25) is 5.91 Å². The third kappa shape index (κ3) is 3.36. The van der Waals surface area contributed by atoms with Crippen LogP contribution < -0.4 is 0 Å². The van der Waals surface area contributed by atoms with E-state index in [1.54, 1.807) is 6.26 Å². The van der Waals surface area contributed by atoms with Crippen LogP contribution in [0.25, 0.3) is 11.6 Å². The van der Waals surface area contributed by atoms with Gasteiger partial charge in [-0.1, -0.05) is 11.8 Å². The second kappa shape index (κ2) is 7.42. The Kier molecular flexibility index (Phi) is 5.28. The van der Waals surface area contributed by atoms with Crippen LogP contribution in [0.5, 0.6) is 0 Å². The van der Waals surface area contributed by atoms with Gasteiger partial charge in [0, 0.05) is 18.6 Å². The van der Waals surface area contributed by atoms with E-state index < -0.39 is 0 Å². The second-order valence-electron chi connectivity index (χ2n) is 6.25. The van der Waals surface area contributed by atoms with Crippen molar-refractivity contribution in [2.75, 3.05) is 5.75 Å². The summed E-state index contributed by atoms with van der Waals surface area (Å²) in [5, 5.41) is 9.23. The predicted octanol–water partition coefficient (Wildman–Crippen LogP) is 3.44. The summed E-state index contributed by atoms with van der Waals surface area (Å²) in [6.45, 7) is 7.05. The van der Waals surface area contributed by atoms with E-state index in [1.165, 1.54) is 18.2 Å². The highest BCUT2D eigenvalue weighted by atomic mass is 32.2. The van der Waals surface area contributed by atoms with E-state index in [4.69, 9.17) is 4.42 Å². The molecule has 0 N–H and O–H groups in total. The Balaban J connectivity index is 1.69. The van der Waals surface area contributed by atoms with Crippen LogP contribution in [0.15, 0.2) is 28.0 Å². The van der Waals surface area contributed by atoms with Crippen LogP contribution in [-0.2, 0) is 11.3 Å². The number of carbonyl (C=O) groups excluding carboxylic acids is 1. The fourth-order valence-electron chi connectivity index (χ4n) is 3.38. The van der Waals surface area contributed by atoms with Crippen molar-refractivity contribution in [3.63, 3.8) is 0 Å². The molecular weight excluding hydrogens is 324 g/mol. The lowest BCUT2D eigenvalue weighted by Gasteiger charge is -2.39. The van der Waals surface area contributed by atoms with E-state index >= 15 is 0 Å². The van der Waals surface area contributed by atoms with E-state index in [1.807, 2.05) is 28.5 Å². The average Bonchev–Trinajstić information content (AvgIpc) is 3.21. The quantitative estimate of drug-likeness (QED) is 0.775. The summed E-state index contributed by atoms with van der Waals surface area (Å²) >= 11 is 1.45. The normalized spacial score (nSPS) is 21.2. The van der Waals surface area contributed by atoms with Crippen molar-refractivity contribution >= 4 is 17.7 Å². The van der Waals surface area contributed by atoms with Gasteiger partial charge in [-0.05, 0) is 52.2 Å². The van der Waals surface area contributed by atoms with Crippen molar-refractivity contribution in [2.45, 2.75) is 63.8 Å². The Hall–Kier alpha value is -1.76. The number of piperidine rings is 1. The zero-order chi connectivity index (χ0) is 17.1. The van der Waals surface area contributed by atoms with Crippen LogP contribution in [0.3, 0.4) is 0 Å². The Morgan fingerprint density at radius 2 is 2.08 bits per heavy atom. The first-order chi connectivity index (χ1) is 11.6. The minimum Gasteiger partial charge on any atom is -0.461 e. The monoisotopic (exact) mass is 348 g/mol. The van der Waals surface area contributed by atoms with E-state index in [9.17, 15) is 4.79 Å². The highest BCUT2D eigenvalue weighted by Gasteiger charge is 2.29. The molecule has 2 atom stereocenters. The molecule has 1 aliphatic heterocycles. The molecule has 1 aliphatic rings. The summed E-state index contributed by atoms with van der Waals surface area (Å²) in [7, 11) is 0. The highest BCUT2D eigenvalue weighted by Crippen LogP contribution is 2.27. The summed E-state index contributed by atoms with van der Waals surface area (Å²) in [6.07, 6.45) is 5.01. The summed E-state index contributed by atoms with van der Waals surface area (Å²) in [6, 6.07) is 4.35. The first-order valence-corrected chi connectivity index (χ1v) is 9.51. The number of carbonyl (C=O) groups is 1. The SMILES string of the molecule is CCn1c(SCC(=O)N2C(C)CCCC2C)nnc1-c1ccco1. The van der Waals surface area contributed by atoms with Gasteiger partial charge in [0.15, 0.2) is 16.7 Å². The molecule has 7 heteroatoms. The van der Waals surface area contributed by atoms with Crippen LogP contribution in [0.4, 0.5) is 0 Å². The third-order valence-corrected chi connectivity index (χ3v) is 5.53. The summed E-state index contributed by atoms with van der Waals surface area (Å²) in [5.74, 6) is 1.98. The summed E-state index contributed by atoms with van der Waals surface area (Å²) in [5.41, 5.74) is 0. The summed E-state index contributed by atoms with van der Waals surface area (Å²) < 4.78 is 7.40. The number of thioether (sulfide) groups is 1. The lowest BCUT2D eigenvalue weighted by Crippen LogP contribution is -2.48. The van der Waals surface area contributed by atoms with Crippen molar-refractivity contribution < 1.29 is 9.21 Å². The molecule has 0 spiro atoms. The zero-order valence-corrected chi connectivity index (χ0v) is 15.3. The van der Waals surface area contributed by atoms with Crippen LogP contribution in [0, 0.1) is 0 Å². The molecule has 2 aromatic rings. The number of aromatic nitrogens is 3. The number of nitrogens with zero attached hydrogens (tertiary/aromatic N) is 4. The lowest BCUT2D eigenvalue weighted by molar-refractivity contribution is -0.134. The molecule has 24 heavy (non-hydrogen) atoms. The van der Waals surface area contributed by atoms with E-state index in [2.05, 4.69) is 24.0 Å². The van der Waals surface area contributed by atoms with Gasteiger partial charge in [-0.2, -0.15) is 0 Å². The Morgan fingerprint density at radius 3 is 2.71 bits per heavy atom. The van der Waals surface area contributed by atoms with E-state index in [0.29, 0.717) is 29.4 Å². The number of hydrogen-bond acceptors (Lipinski definition) is 5. The Morgan fingerprint density at radius 1 is 1.33 bits per heavy atom. The van der Waals surface area contributed by atoms with Crippen molar-refractivity contribution in [3.05, 3.63) is 18.4 Å². The van der Waals surface area contributed by atoms with Crippen molar-refractivity contribution in [2.24, 2.45) is 0 Å². The predicted molar refractivity (Wildman–Crippen MR) is 93.7 cm³/mol. The molecule has 0 bridgehead atoms. The molecule has 1 saturated heterocycles. The summed E-state index contributed by atoms with van der Waals surface area (Å²) in [4.78, 5) is 14.7.